The van der Waals surface area contributed by atoms with Crippen LogP contribution in [0.3, 0.4) is 0 Å². The maximum absolute atomic E-state index is 12.1. The van der Waals surface area contributed by atoms with Crippen LogP contribution in [0.25, 0.3) is 10.9 Å². The van der Waals surface area contributed by atoms with Gasteiger partial charge in [0.05, 0.1) is 17.4 Å². The number of amides is 1. The van der Waals surface area contributed by atoms with E-state index in [1.165, 1.54) is 17.0 Å². The number of hydrogen-bond donors (Lipinski definition) is 1. The number of aromatic amines is 1. The third kappa shape index (κ3) is 5.70. The van der Waals surface area contributed by atoms with Gasteiger partial charge < -0.3 is 14.6 Å². The molecule has 1 amide bonds. The highest BCUT2D eigenvalue weighted by Crippen LogP contribution is 2.16. The number of carbonyl (C=O) groups is 1. The molecule has 0 atom stereocenters. The van der Waals surface area contributed by atoms with Crippen LogP contribution in [0.15, 0.2) is 23.0 Å². The minimum Gasteiger partial charge on any atom is -0.362 e. The SMILES string of the molecule is CCCN(Cc1nc2cc(Cl)ccc2c(=O)[nH]1)C(=O)COCC(F)(F)F. The maximum Gasteiger partial charge on any atom is 0.411 e. The highest BCUT2D eigenvalue weighted by atomic mass is 35.5. The van der Waals surface area contributed by atoms with Crippen LogP contribution in [0.4, 0.5) is 13.2 Å². The van der Waals surface area contributed by atoms with Gasteiger partial charge >= 0.3 is 6.18 Å². The highest BCUT2D eigenvalue weighted by Gasteiger charge is 2.28. The topological polar surface area (TPSA) is 75.3 Å². The van der Waals surface area contributed by atoms with Gasteiger partial charge in [-0.2, -0.15) is 13.2 Å². The zero-order valence-corrected chi connectivity index (χ0v) is 14.7. The normalized spacial score (nSPS) is 11.7. The summed E-state index contributed by atoms with van der Waals surface area (Å²) in [6.07, 6.45) is -3.92. The van der Waals surface area contributed by atoms with Gasteiger partial charge in [0.1, 0.15) is 19.0 Å². The number of hydrogen-bond acceptors (Lipinski definition) is 4. The molecule has 0 bridgehead atoms. The van der Waals surface area contributed by atoms with Crippen molar-refractivity contribution in [2.75, 3.05) is 19.8 Å². The van der Waals surface area contributed by atoms with Crippen LogP contribution in [0.1, 0.15) is 19.2 Å². The number of carbonyl (C=O) groups excluding carboxylic acids is 1. The van der Waals surface area contributed by atoms with Crippen LogP contribution in [0.2, 0.25) is 5.02 Å². The summed E-state index contributed by atoms with van der Waals surface area (Å²) in [6.45, 7) is -0.163. The summed E-state index contributed by atoms with van der Waals surface area (Å²) in [4.78, 5) is 32.3. The van der Waals surface area contributed by atoms with E-state index in [0.29, 0.717) is 22.3 Å². The maximum atomic E-state index is 12.1. The number of fused-ring (bicyclic) bond motifs is 1. The first-order chi connectivity index (χ1) is 12.2. The number of H-pyrrole nitrogens is 1. The minimum atomic E-state index is -4.50. The number of halogens is 4. The summed E-state index contributed by atoms with van der Waals surface area (Å²) in [5.41, 5.74) is -0.0210. The van der Waals surface area contributed by atoms with Gasteiger partial charge in [-0.15, -0.1) is 0 Å². The number of ether oxygens (including phenoxy) is 1. The summed E-state index contributed by atoms with van der Waals surface area (Å²) < 4.78 is 40.8. The number of alkyl halides is 3. The summed E-state index contributed by atoms with van der Waals surface area (Å²) in [7, 11) is 0. The third-order valence-electron chi connectivity index (χ3n) is 3.40. The van der Waals surface area contributed by atoms with E-state index in [0.717, 1.165) is 0 Å². The fourth-order valence-electron chi connectivity index (χ4n) is 2.32. The van der Waals surface area contributed by atoms with Crippen molar-refractivity contribution in [1.29, 1.82) is 0 Å². The highest BCUT2D eigenvalue weighted by molar-refractivity contribution is 6.31. The molecule has 2 rings (SSSR count). The number of aromatic nitrogens is 2. The second-order valence-electron chi connectivity index (χ2n) is 5.60. The van der Waals surface area contributed by atoms with Gasteiger partial charge in [-0.05, 0) is 24.6 Å². The van der Waals surface area contributed by atoms with Crippen molar-refractivity contribution in [3.05, 3.63) is 39.4 Å². The molecule has 26 heavy (non-hydrogen) atoms. The van der Waals surface area contributed by atoms with Gasteiger partial charge in [-0.25, -0.2) is 4.98 Å². The van der Waals surface area contributed by atoms with Crippen molar-refractivity contribution >= 4 is 28.4 Å². The molecule has 0 radical (unpaired) electrons. The molecule has 0 saturated carbocycles. The lowest BCUT2D eigenvalue weighted by Crippen LogP contribution is -2.36. The fraction of sp³-hybridized carbons (Fsp3) is 0.438. The van der Waals surface area contributed by atoms with Gasteiger partial charge in [0.2, 0.25) is 5.91 Å². The molecular weight excluding hydrogens is 375 g/mol. The van der Waals surface area contributed by atoms with Gasteiger partial charge in [0.15, 0.2) is 0 Å². The molecule has 142 valence electrons. The Morgan fingerprint density at radius 2 is 2.12 bits per heavy atom. The van der Waals surface area contributed by atoms with E-state index in [1.807, 2.05) is 6.92 Å². The Kier molecular flexibility index (Phi) is 6.60. The second-order valence-corrected chi connectivity index (χ2v) is 6.03. The van der Waals surface area contributed by atoms with Crippen LogP contribution in [-0.2, 0) is 16.1 Å². The van der Waals surface area contributed by atoms with E-state index < -0.39 is 25.3 Å². The van der Waals surface area contributed by atoms with Crippen molar-refractivity contribution in [3.8, 4) is 0 Å². The van der Waals surface area contributed by atoms with Crippen molar-refractivity contribution in [2.24, 2.45) is 0 Å². The molecule has 0 aliphatic carbocycles. The molecule has 0 unspecified atom stereocenters. The minimum absolute atomic E-state index is 0.0558. The van der Waals surface area contributed by atoms with E-state index in [2.05, 4.69) is 14.7 Å². The number of rotatable bonds is 7. The lowest BCUT2D eigenvalue weighted by atomic mass is 10.2. The molecule has 10 heteroatoms. The zero-order chi connectivity index (χ0) is 19.3. The zero-order valence-electron chi connectivity index (χ0n) is 13.9. The van der Waals surface area contributed by atoms with Crippen molar-refractivity contribution in [2.45, 2.75) is 26.1 Å². The van der Waals surface area contributed by atoms with Crippen molar-refractivity contribution < 1.29 is 22.7 Å². The Balaban J connectivity index is 2.15. The Labute approximate surface area is 151 Å². The number of benzene rings is 1. The largest absolute Gasteiger partial charge is 0.411 e. The predicted molar refractivity (Wildman–Crippen MR) is 90.0 cm³/mol. The molecule has 0 fully saturated rings. The third-order valence-corrected chi connectivity index (χ3v) is 3.63. The lowest BCUT2D eigenvalue weighted by molar-refractivity contribution is -0.178. The first-order valence-corrected chi connectivity index (χ1v) is 8.18. The number of nitrogens with zero attached hydrogens (tertiary/aromatic N) is 2. The lowest BCUT2D eigenvalue weighted by Gasteiger charge is -2.21. The molecule has 0 saturated heterocycles. The van der Waals surface area contributed by atoms with Gasteiger partial charge in [-0.3, -0.25) is 9.59 Å². The van der Waals surface area contributed by atoms with Crippen molar-refractivity contribution in [1.82, 2.24) is 14.9 Å². The van der Waals surface area contributed by atoms with Gasteiger partial charge in [-0.1, -0.05) is 18.5 Å². The predicted octanol–water partition coefficient (Wildman–Crippen LogP) is 2.89. The fourth-order valence-corrected chi connectivity index (χ4v) is 2.49. The van der Waals surface area contributed by atoms with Crippen LogP contribution in [-0.4, -0.2) is 46.7 Å². The van der Waals surface area contributed by atoms with E-state index in [9.17, 15) is 22.8 Å². The number of nitrogens with one attached hydrogen (secondary N) is 1. The molecule has 0 aliphatic heterocycles. The molecule has 1 aromatic heterocycles. The Morgan fingerprint density at radius 3 is 2.77 bits per heavy atom. The molecule has 0 aliphatic rings. The van der Waals surface area contributed by atoms with Crippen LogP contribution in [0.5, 0.6) is 0 Å². The van der Waals surface area contributed by atoms with Gasteiger partial charge in [0, 0.05) is 11.6 Å². The van der Waals surface area contributed by atoms with Gasteiger partial charge in [0.25, 0.3) is 5.56 Å². The Bertz CT molecular complexity index is 839. The standard InChI is InChI=1S/C16H17ClF3N3O3/c1-2-5-23(14(24)8-26-9-16(18,19)20)7-13-21-12-6-10(17)3-4-11(12)15(25)22-13/h3-4,6H,2,5,7-9H2,1H3,(H,21,22,25). The molecule has 1 heterocycles. The van der Waals surface area contributed by atoms with E-state index >= 15 is 0 Å². The molecule has 1 aromatic carbocycles. The molecule has 1 N–H and O–H groups in total. The quantitative estimate of drug-likeness (QED) is 0.787. The summed E-state index contributed by atoms with van der Waals surface area (Å²) >= 11 is 5.90. The summed E-state index contributed by atoms with van der Waals surface area (Å²) in [5, 5.41) is 0.753. The smallest absolute Gasteiger partial charge is 0.362 e. The van der Waals surface area contributed by atoms with E-state index in [-0.39, 0.29) is 24.5 Å². The van der Waals surface area contributed by atoms with Crippen LogP contribution in [0, 0.1) is 0 Å². The van der Waals surface area contributed by atoms with E-state index in [4.69, 9.17) is 11.6 Å². The first-order valence-electron chi connectivity index (χ1n) is 7.80. The Hall–Kier alpha value is -2.13. The summed E-state index contributed by atoms with van der Waals surface area (Å²) in [5.74, 6) is -0.410. The molecule has 6 nitrogen and oxygen atoms in total. The van der Waals surface area contributed by atoms with E-state index in [1.54, 1.807) is 6.07 Å². The summed E-state index contributed by atoms with van der Waals surface area (Å²) in [6, 6.07) is 4.62. The molecular formula is C16H17ClF3N3O3. The van der Waals surface area contributed by atoms with Crippen molar-refractivity contribution in [3.63, 3.8) is 0 Å². The molecule has 0 spiro atoms. The van der Waals surface area contributed by atoms with Crippen LogP contribution < -0.4 is 5.56 Å². The second kappa shape index (κ2) is 8.50. The molecule has 2 aromatic rings. The monoisotopic (exact) mass is 391 g/mol. The average Bonchev–Trinajstić information content (AvgIpc) is 2.52. The van der Waals surface area contributed by atoms with Crippen LogP contribution >= 0.6 is 11.6 Å². The Morgan fingerprint density at radius 1 is 1.38 bits per heavy atom. The average molecular weight is 392 g/mol. The first kappa shape index (κ1) is 20.2.